The summed E-state index contributed by atoms with van der Waals surface area (Å²) < 4.78 is 10.8. The average molecular weight is 708 g/mol. The standard InChI is InChI=1S/C41H23N5O.Pd/c1-3-10-26(11-4-1)37-38(27-12-5-2-6-13-27)46-36-16-8-7-14-32(36)30-19-17-29(25-35(30)41(46)44-37)47-28-18-20-31-33-15-9-21-42-39(33)45-23-22-43-40(45)34(31)24-28;/h1-23H;/q-2;+2. The van der Waals surface area contributed by atoms with Gasteiger partial charge in [-0.25, -0.2) is 4.98 Å². The van der Waals surface area contributed by atoms with Gasteiger partial charge in [-0.1, -0.05) is 131 Å². The zero-order valence-electron chi connectivity index (χ0n) is 25.2. The molecule has 0 spiro atoms. The van der Waals surface area contributed by atoms with Gasteiger partial charge >= 0.3 is 20.4 Å². The van der Waals surface area contributed by atoms with Gasteiger partial charge in [-0.15, -0.1) is 12.1 Å². The maximum absolute atomic E-state index is 6.50. The number of rotatable bonds is 4. The van der Waals surface area contributed by atoms with Crippen molar-refractivity contribution < 1.29 is 25.2 Å². The zero-order chi connectivity index (χ0) is 30.9. The molecule has 48 heavy (non-hydrogen) atoms. The van der Waals surface area contributed by atoms with Crippen LogP contribution in [0.15, 0.2) is 140 Å². The molecule has 0 aliphatic carbocycles. The summed E-state index contributed by atoms with van der Waals surface area (Å²) in [6.45, 7) is 0. The largest absolute Gasteiger partial charge is 2.00 e. The normalized spacial score (nSPS) is 11.6. The molecule has 10 rings (SSSR count). The fourth-order valence-electron chi connectivity index (χ4n) is 6.83. The maximum atomic E-state index is 6.50. The van der Waals surface area contributed by atoms with Crippen LogP contribution in [0.1, 0.15) is 0 Å². The van der Waals surface area contributed by atoms with Gasteiger partial charge in [-0.2, -0.15) is 0 Å². The Labute approximate surface area is 288 Å². The summed E-state index contributed by atoms with van der Waals surface area (Å²) in [5.74, 6) is 1.16. The number of aromatic nitrogens is 5. The maximum Gasteiger partial charge on any atom is 2.00 e. The number of para-hydroxylation sites is 1. The van der Waals surface area contributed by atoms with E-state index in [1.54, 1.807) is 12.4 Å². The van der Waals surface area contributed by atoms with Crippen LogP contribution in [0.5, 0.6) is 11.5 Å². The molecule has 5 aromatic carbocycles. The van der Waals surface area contributed by atoms with Gasteiger partial charge in [0.15, 0.2) is 0 Å². The molecule has 6 nitrogen and oxygen atoms in total. The molecule has 0 unspecified atom stereocenters. The first kappa shape index (κ1) is 28.4. The molecule has 0 fully saturated rings. The van der Waals surface area contributed by atoms with Gasteiger partial charge in [0.2, 0.25) is 0 Å². The molecule has 0 amide bonds. The van der Waals surface area contributed by atoms with Crippen molar-refractivity contribution >= 4 is 54.8 Å². The van der Waals surface area contributed by atoms with Crippen molar-refractivity contribution in [3.63, 3.8) is 0 Å². The Kier molecular flexibility index (Phi) is 6.58. The zero-order valence-corrected chi connectivity index (χ0v) is 26.8. The van der Waals surface area contributed by atoms with Crippen LogP contribution in [0.3, 0.4) is 0 Å². The molecule has 0 aliphatic heterocycles. The van der Waals surface area contributed by atoms with Crippen molar-refractivity contribution in [1.29, 1.82) is 0 Å². The molecule has 0 bridgehead atoms. The fraction of sp³-hybridized carbons (Fsp3) is 0. The molecule has 0 aliphatic rings. The monoisotopic (exact) mass is 707 g/mol. The molecular weight excluding hydrogens is 685 g/mol. The van der Waals surface area contributed by atoms with Gasteiger partial charge in [0.25, 0.3) is 0 Å². The van der Waals surface area contributed by atoms with Gasteiger partial charge in [0, 0.05) is 41.2 Å². The van der Waals surface area contributed by atoms with E-state index in [0.29, 0.717) is 11.5 Å². The third kappa shape index (κ3) is 4.26. The third-order valence-corrected chi connectivity index (χ3v) is 8.86. The second-order valence-corrected chi connectivity index (χ2v) is 11.5. The van der Waals surface area contributed by atoms with Crippen LogP contribution in [0.25, 0.3) is 77.3 Å². The Morgan fingerprint density at radius 1 is 0.521 bits per heavy atom. The minimum absolute atomic E-state index is 0. The predicted molar refractivity (Wildman–Crippen MR) is 187 cm³/mol. The average Bonchev–Trinajstić information content (AvgIpc) is 3.80. The van der Waals surface area contributed by atoms with Crippen LogP contribution >= 0.6 is 0 Å². The molecule has 10 aromatic rings. The van der Waals surface area contributed by atoms with E-state index in [4.69, 9.17) is 9.72 Å². The number of imidazole rings is 2. The molecule has 0 radical (unpaired) electrons. The summed E-state index contributed by atoms with van der Waals surface area (Å²) in [5, 5.41) is 5.99. The van der Waals surface area contributed by atoms with Crippen molar-refractivity contribution in [3.05, 3.63) is 152 Å². The molecule has 228 valence electrons. The predicted octanol–water partition coefficient (Wildman–Crippen LogP) is 9.71. The Morgan fingerprint density at radius 2 is 1.15 bits per heavy atom. The van der Waals surface area contributed by atoms with Crippen LogP contribution in [-0.2, 0) is 20.4 Å². The Bertz CT molecular complexity index is 2830. The van der Waals surface area contributed by atoms with E-state index in [-0.39, 0.29) is 20.4 Å². The molecule has 5 heterocycles. The second kappa shape index (κ2) is 11.1. The minimum atomic E-state index is 0. The van der Waals surface area contributed by atoms with E-state index in [2.05, 4.69) is 117 Å². The molecule has 0 saturated carbocycles. The number of nitrogens with zero attached hydrogens (tertiary/aromatic N) is 5. The minimum Gasteiger partial charge on any atom is -0.497 e. The van der Waals surface area contributed by atoms with Crippen LogP contribution in [0, 0.1) is 12.1 Å². The first-order chi connectivity index (χ1) is 23.3. The fourth-order valence-corrected chi connectivity index (χ4v) is 6.83. The molecule has 5 aromatic heterocycles. The van der Waals surface area contributed by atoms with Crippen molar-refractivity contribution in [2.45, 2.75) is 0 Å². The Balaban J connectivity index is 0.00000314. The molecule has 0 saturated heterocycles. The summed E-state index contributed by atoms with van der Waals surface area (Å²) >= 11 is 0. The summed E-state index contributed by atoms with van der Waals surface area (Å²) in [5.41, 5.74) is 7.65. The van der Waals surface area contributed by atoms with E-state index in [1.165, 1.54) is 0 Å². The number of hydrogen-bond acceptors (Lipinski definition) is 4. The molecule has 0 atom stereocenters. The summed E-state index contributed by atoms with van der Waals surface area (Å²) in [4.78, 5) is 14.6. The first-order valence-electron chi connectivity index (χ1n) is 15.5. The van der Waals surface area contributed by atoms with Crippen molar-refractivity contribution in [2.75, 3.05) is 0 Å². The molecule has 0 N–H and O–H groups in total. The quantitative estimate of drug-likeness (QED) is 0.104. The molecular formula is C41H23N5OPd. The van der Waals surface area contributed by atoms with E-state index in [0.717, 1.165) is 77.3 Å². The topological polar surface area (TPSA) is 56.7 Å². The van der Waals surface area contributed by atoms with E-state index in [1.807, 2.05) is 40.9 Å². The summed E-state index contributed by atoms with van der Waals surface area (Å²) in [6.07, 6.45) is 5.51. The number of fused-ring (bicyclic) bond motifs is 12. The van der Waals surface area contributed by atoms with E-state index in [9.17, 15) is 0 Å². The third-order valence-electron chi connectivity index (χ3n) is 8.86. The summed E-state index contributed by atoms with van der Waals surface area (Å²) in [7, 11) is 0. The van der Waals surface area contributed by atoms with Gasteiger partial charge in [0.05, 0.1) is 22.7 Å². The summed E-state index contributed by atoms with van der Waals surface area (Å²) in [6, 6.07) is 48.5. The first-order valence-corrected chi connectivity index (χ1v) is 15.5. The van der Waals surface area contributed by atoms with E-state index < -0.39 is 0 Å². The smallest absolute Gasteiger partial charge is 0.497 e. The van der Waals surface area contributed by atoms with Crippen molar-refractivity contribution in [3.8, 4) is 34.0 Å². The van der Waals surface area contributed by atoms with Gasteiger partial charge in [0.1, 0.15) is 5.65 Å². The Morgan fingerprint density at radius 3 is 1.92 bits per heavy atom. The van der Waals surface area contributed by atoms with Crippen LogP contribution in [-0.4, -0.2) is 23.8 Å². The number of ether oxygens (including phenoxy) is 1. The van der Waals surface area contributed by atoms with Crippen LogP contribution in [0.2, 0.25) is 0 Å². The van der Waals surface area contributed by atoms with Gasteiger partial charge < -0.3 is 13.5 Å². The number of hydrogen-bond donors (Lipinski definition) is 0. The van der Waals surface area contributed by atoms with Crippen molar-refractivity contribution in [2.24, 2.45) is 0 Å². The number of pyridine rings is 3. The van der Waals surface area contributed by atoms with Gasteiger partial charge in [-0.3, -0.25) is 9.97 Å². The van der Waals surface area contributed by atoms with E-state index >= 15 is 0 Å². The molecule has 7 heteroatoms. The van der Waals surface area contributed by atoms with Crippen LogP contribution < -0.4 is 4.74 Å². The second-order valence-electron chi connectivity index (χ2n) is 11.5. The van der Waals surface area contributed by atoms with Gasteiger partial charge in [-0.05, 0) is 28.5 Å². The SMILES string of the molecule is [Pd+2].[c-]1c(Oc2[c-]c3c(cc2)c2ccccc2n2c(-c4ccccc4)c(-c4ccccc4)nc32)ccc2c1c1nccn1c1ncccc21. The van der Waals surface area contributed by atoms with Crippen LogP contribution in [0.4, 0.5) is 0 Å². The number of benzene rings is 5. The van der Waals surface area contributed by atoms with Crippen molar-refractivity contribution in [1.82, 2.24) is 23.8 Å². The Hall–Kier alpha value is -5.87.